The van der Waals surface area contributed by atoms with Crippen LogP contribution in [-0.2, 0) is 19.1 Å². The Morgan fingerprint density at radius 1 is 1.20 bits per heavy atom. The quantitative estimate of drug-likeness (QED) is 0.494. The monoisotopic (exact) mass is 350 g/mol. The summed E-state index contributed by atoms with van der Waals surface area (Å²) in [6.07, 6.45) is 0.698. The molecule has 1 heterocycles. The van der Waals surface area contributed by atoms with Crippen molar-refractivity contribution in [2.75, 3.05) is 26.4 Å². The van der Waals surface area contributed by atoms with E-state index in [0.717, 1.165) is 5.75 Å². The molecule has 1 fully saturated rings. The van der Waals surface area contributed by atoms with Crippen LogP contribution in [0.3, 0.4) is 0 Å². The van der Waals surface area contributed by atoms with Crippen LogP contribution >= 0.6 is 0 Å². The summed E-state index contributed by atoms with van der Waals surface area (Å²) in [6, 6.07) is 6.52. The highest BCUT2D eigenvalue weighted by atomic mass is 16.5. The third-order valence-electron chi connectivity index (χ3n) is 3.45. The van der Waals surface area contributed by atoms with Gasteiger partial charge in [0.25, 0.3) is 5.91 Å². The van der Waals surface area contributed by atoms with Gasteiger partial charge in [0, 0.05) is 6.42 Å². The Balaban J connectivity index is 1.57. The van der Waals surface area contributed by atoms with Crippen molar-refractivity contribution >= 4 is 17.8 Å². The fourth-order valence-electron chi connectivity index (χ4n) is 2.24. The Bertz CT molecular complexity index is 602. The summed E-state index contributed by atoms with van der Waals surface area (Å²) >= 11 is 0. The molecule has 1 saturated heterocycles. The van der Waals surface area contributed by atoms with Crippen LogP contribution in [0.1, 0.15) is 19.8 Å². The lowest BCUT2D eigenvalue weighted by Gasteiger charge is -2.11. The molecule has 1 aromatic carbocycles. The van der Waals surface area contributed by atoms with Crippen LogP contribution in [0.25, 0.3) is 0 Å². The topological polar surface area (TPSA) is 103 Å². The maximum Gasteiger partial charge on any atom is 0.329 e. The van der Waals surface area contributed by atoms with E-state index in [2.05, 4.69) is 10.6 Å². The van der Waals surface area contributed by atoms with Gasteiger partial charge in [0.1, 0.15) is 24.1 Å². The molecule has 0 aliphatic carbocycles. The molecular weight excluding hydrogens is 328 g/mol. The molecule has 25 heavy (non-hydrogen) atoms. The van der Waals surface area contributed by atoms with Crippen molar-refractivity contribution in [1.29, 1.82) is 0 Å². The smallest absolute Gasteiger partial charge is 0.329 e. The predicted molar refractivity (Wildman–Crippen MR) is 88.2 cm³/mol. The highest BCUT2D eigenvalue weighted by molar-refractivity contribution is 5.89. The van der Waals surface area contributed by atoms with Crippen LogP contribution in [-0.4, -0.2) is 50.2 Å². The van der Waals surface area contributed by atoms with Gasteiger partial charge in [-0.1, -0.05) is 0 Å². The van der Waals surface area contributed by atoms with Crippen LogP contribution < -0.4 is 20.1 Å². The maximum atomic E-state index is 11.6. The van der Waals surface area contributed by atoms with E-state index in [-0.39, 0.29) is 25.7 Å². The second-order valence-electron chi connectivity index (χ2n) is 5.37. The lowest BCUT2D eigenvalue weighted by Crippen LogP contribution is -2.37. The molecule has 1 aliphatic heterocycles. The summed E-state index contributed by atoms with van der Waals surface area (Å²) in [7, 11) is 0. The van der Waals surface area contributed by atoms with Gasteiger partial charge in [-0.05, 0) is 37.6 Å². The summed E-state index contributed by atoms with van der Waals surface area (Å²) in [5.74, 6) is 0.238. The van der Waals surface area contributed by atoms with Crippen molar-refractivity contribution in [3.05, 3.63) is 24.3 Å². The number of hydrogen-bond donors (Lipinski definition) is 2. The van der Waals surface area contributed by atoms with E-state index >= 15 is 0 Å². The zero-order valence-electron chi connectivity index (χ0n) is 14.1. The van der Waals surface area contributed by atoms with E-state index in [0.29, 0.717) is 25.2 Å². The molecule has 0 saturated carbocycles. The van der Waals surface area contributed by atoms with Crippen molar-refractivity contribution < 1.29 is 28.6 Å². The number of carbonyl (C=O) groups excluding carboxylic acids is 3. The molecule has 0 radical (unpaired) electrons. The third-order valence-corrected chi connectivity index (χ3v) is 3.45. The van der Waals surface area contributed by atoms with E-state index in [1.807, 2.05) is 6.92 Å². The molecule has 0 spiro atoms. The zero-order valence-corrected chi connectivity index (χ0v) is 14.1. The van der Waals surface area contributed by atoms with Crippen molar-refractivity contribution in [2.45, 2.75) is 25.8 Å². The minimum Gasteiger partial charge on any atom is -0.494 e. The first-order valence-corrected chi connectivity index (χ1v) is 8.17. The van der Waals surface area contributed by atoms with Crippen molar-refractivity contribution in [3.63, 3.8) is 0 Å². The number of carbonyl (C=O) groups is 3. The fraction of sp³-hybridized carbons (Fsp3) is 0.471. The highest BCUT2D eigenvalue weighted by Crippen LogP contribution is 2.17. The van der Waals surface area contributed by atoms with E-state index in [4.69, 9.17) is 14.2 Å². The zero-order chi connectivity index (χ0) is 18.1. The average Bonchev–Trinajstić information content (AvgIpc) is 3.05. The Labute approximate surface area is 145 Å². The lowest BCUT2D eigenvalue weighted by atomic mass is 10.2. The van der Waals surface area contributed by atoms with E-state index < -0.39 is 17.9 Å². The summed E-state index contributed by atoms with van der Waals surface area (Å²) in [5.41, 5.74) is 0. The van der Waals surface area contributed by atoms with Gasteiger partial charge in [-0.3, -0.25) is 9.59 Å². The van der Waals surface area contributed by atoms with Crippen LogP contribution in [0.4, 0.5) is 0 Å². The van der Waals surface area contributed by atoms with Gasteiger partial charge in [0.05, 0.1) is 13.2 Å². The number of rotatable bonds is 9. The highest BCUT2D eigenvalue weighted by Gasteiger charge is 2.28. The predicted octanol–water partition coefficient (Wildman–Crippen LogP) is 0.402. The number of ether oxygens (including phenoxy) is 3. The Morgan fingerprint density at radius 2 is 1.88 bits per heavy atom. The number of amides is 2. The van der Waals surface area contributed by atoms with Crippen molar-refractivity contribution in [2.24, 2.45) is 0 Å². The number of benzene rings is 1. The van der Waals surface area contributed by atoms with Crippen LogP contribution in [0.15, 0.2) is 24.3 Å². The van der Waals surface area contributed by atoms with Crippen molar-refractivity contribution in [3.8, 4) is 11.5 Å². The second kappa shape index (κ2) is 9.51. The lowest BCUT2D eigenvalue weighted by molar-refractivity contribution is -0.150. The van der Waals surface area contributed by atoms with Crippen molar-refractivity contribution in [1.82, 2.24) is 10.6 Å². The first-order valence-electron chi connectivity index (χ1n) is 8.17. The van der Waals surface area contributed by atoms with Gasteiger partial charge in [-0.25, -0.2) is 4.79 Å². The second-order valence-corrected chi connectivity index (χ2v) is 5.37. The van der Waals surface area contributed by atoms with E-state index in [1.165, 1.54) is 0 Å². The molecule has 2 N–H and O–H groups in total. The molecule has 136 valence electrons. The van der Waals surface area contributed by atoms with Gasteiger partial charge < -0.3 is 24.8 Å². The van der Waals surface area contributed by atoms with Crippen LogP contribution in [0.2, 0.25) is 0 Å². The fourth-order valence-corrected chi connectivity index (χ4v) is 2.24. The molecule has 0 unspecified atom stereocenters. The molecule has 1 aliphatic rings. The maximum absolute atomic E-state index is 11.6. The summed E-state index contributed by atoms with van der Waals surface area (Å²) in [5, 5.41) is 5.07. The molecule has 1 atom stereocenters. The normalized spacial score (nSPS) is 16.0. The Kier molecular flexibility index (Phi) is 7.06. The SMILES string of the molecule is CCOc1ccc(OCCNC(=O)COC(=O)[C@@H]2CCC(=O)N2)cc1. The summed E-state index contributed by atoms with van der Waals surface area (Å²) in [6.45, 7) is 2.70. The summed E-state index contributed by atoms with van der Waals surface area (Å²) in [4.78, 5) is 34.3. The molecule has 8 nitrogen and oxygen atoms in total. The largest absolute Gasteiger partial charge is 0.494 e. The minimum absolute atomic E-state index is 0.183. The first kappa shape index (κ1) is 18.6. The van der Waals surface area contributed by atoms with Gasteiger partial charge in [-0.2, -0.15) is 0 Å². The first-order chi connectivity index (χ1) is 12.1. The van der Waals surface area contributed by atoms with Gasteiger partial charge in [-0.15, -0.1) is 0 Å². The third kappa shape index (κ3) is 6.33. The van der Waals surface area contributed by atoms with Gasteiger partial charge >= 0.3 is 5.97 Å². The summed E-state index contributed by atoms with van der Waals surface area (Å²) < 4.78 is 15.7. The van der Waals surface area contributed by atoms with Gasteiger partial charge in [0.2, 0.25) is 5.91 Å². The molecule has 0 bridgehead atoms. The average molecular weight is 350 g/mol. The molecular formula is C17H22N2O6. The van der Waals surface area contributed by atoms with Crippen LogP contribution in [0.5, 0.6) is 11.5 Å². The standard InChI is InChI=1S/C17H22N2O6/c1-2-23-12-3-5-13(6-4-12)24-10-9-18-16(21)11-25-17(22)14-7-8-15(20)19-14/h3-6,14H,2,7-11H2,1H3,(H,18,21)(H,19,20)/t14-/m0/s1. The number of nitrogens with one attached hydrogen (secondary N) is 2. The molecule has 0 aromatic heterocycles. The molecule has 1 aromatic rings. The van der Waals surface area contributed by atoms with E-state index in [9.17, 15) is 14.4 Å². The minimum atomic E-state index is -0.650. The number of esters is 1. The molecule has 2 rings (SSSR count). The molecule has 8 heteroatoms. The van der Waals surface area contributed by atoms with Crippen LogP contribution in [0, 0.1) is 0 Å². The number of hydrogen-bond acceptors (Lipinski definition) is 6. The molecule has 2 amide bonds. The van der Waals surface area contributed by atoms with E-state index in [1.54, 1.807) is 24.3 Å². The Morgan fingerprint density at radius 3 is 2.48 bits per heavy atom. The van der Waals surface area contributed by atoms with Gasteiger partial charge in [0.15, 0.2) is 6.61 Å². The Hall–Kier alpha value is -2.77.